The topological polar surface area (TPSA) is 29.1 Å². The number of rotatable bonds is 4. The lowest BCUT2D eigenvalue weighted by Gasteiger charge is -2.26. The van der Waals surface area contributed by atoms with Gasteiger partial charge < -0.3 is 5.32 Å². The zero-order chi connectivity index (χ0) is 15.8. The van der Waals surface area contributed by atoms with Crippen molar-refractivity contribution < 1.29 is 4.79 Å². The van der Waals surface area contributed by atoms with E-state index in [0.717, 1.165) is 18.8 Å². The van der Waals surface area contributed by atoms with Crippen molar-refractivity contribution >= 4 is 5.91 Å². The molecule has 2 fully saturated rings. The molecule has 1 N–H and O–H groups in total. The van der Waals surface area contributed by atoms with Crippen LogP contribution in [0, 0.1) is 17.8 Å². The van der Waals surface area contributed by atoms with Gasteiger partial charge in [0, 0.05) is 5.92 Å². The lowest BCUT2D eigenvalue weighted by Crippen LogP contribution is -2.36. The third kappa shape index (κ3) is 2.93. The Hall–Kier alpha value is -1.31. The molecule has 0 aromatic heterocycles. The monoisotopic (exact) mass is 311 g/mol. The number of hydrogen-bond donors (Lipinski definition) is 1. The summed E-state index contributed by atoms with van der Waals surface area (Å²) >= 11 is 0. The van der Waals surface area contributed by atoms with Crippen LogP contribution in [0.15, 0.2) is 18.2 Å². The largest absolute Gasteiger partial charge is 0.349 e. The van der Waals surface area contributed by atoms with Gasteiger partial charge in [0.1, 0.15) is 0 Å². The Balaban J connectivity index is 1.47. The summed E-state index contributed by atoms with van der Waals surface area (Å²) in [7, 11) is 0. The molecule has 124 valence electrons. The molecule has 1 aromatic rings. The van der Waals surface area contributed by atoms with Gasteiger partial charge in [0.2, 0.25) is 5.91 Å². The molecule has 2 heteroatoms. The number of nitrogens with one attached hydrogen (secondary N) is 1. The van der Waals surface area contributed by atoms with E-state index in [9.17, 15) is 4.79 Å². The number of benzene rings is 1. The van der Waals surface area contributed by atoms with Crippen LogP contribution in [-0.4, -0.2) is 5.91 Å². The summed E-state index contributed by atoms with van der Waals surface area (Å²) < 4.78 is 0. The molecule has 1 aromatic carbocycles. The highest BCUT2D eigenvalue weighted by Gasteiger charge is 2.43. The lowest BCUT2D eigenvalue weighted by molar-refractivity contribution is -0.127. The molecule has 0 heterocycles. The molecule has 0 aliphatic heterocycles. The molecule has 3 aliphatic carbocycles. The highest BCUT2D eigenvalue weighted by atomic mass is 16.2. The molecular formula is C21H29NO. The number of amides is 1. The van der Waals surface area contributed by atoms with Gasteiger partial charge in [-0.3, -0.25) is 4.79 Å². The van der Waals surface area contributed by atoms with Gasteiger partial charge in [-0.05, 0) is 79.9 Å². The standard InChI is InChI=1S/C21H29NO/c1-2-20(18-10-9-15-5-3-4-6-16(15)13-18)22-21(23)19-12-14-7-8-17(19)11-14/h9-10,13-14,17,19-20H,2-8,11-12H2,1H3,(H,22,23). The molecule has 2 bridgehead atoms. The molecule has 4 unspecified atom stereocenters. The molecule has 0 radical (unpaired) electrons. The van der Waals surface area contributed by atoms with E-state index in [-0.39, 0.29) is 6.04 Å². The second-order valence-corrected chi connectivity index (χ2v) is 7.99. The van der Waals surface area contributed by atoms with E-state index in [0.29, 0.717) is 17.7 Å². The van der Waals surface area contributed by atoms with Crippen molar-refractivity contribution in [3.8, 4) is 0 Å². The number of carbonyl (C=O) groups excluding carboxylic acids is 1. The predicted octanol–water partition coefficient (Wildman–Crippen LogP) is 4.57. The first-order valence-electron chi connectivity index (χ1n) is 9.66. The molecule has 2 nitrogen and oxygen atoms in total. The Bertz CT molecular complexity index is 594. The van der Waals surface area contributed by atoms with Crippen LogP contribution in [0.4, 0.5) is 0 Å². The third-order valence-electron chi connectivity index (χ3n) is 6.57. The van der Waals surface area contributed by atoms with E-state index < -0.39 is 0 Å². The number of aryl methyl sites for hydroxylation is 2. The summed E-state index contributed by atoms with van der Waals surface area (Å²) in [4.78, 5) is 12.8. The number of hydrogen-bond acceptors (Lipinski definition) is 1. The average molecular weight is 311 g/mol. The molecular weight excluding hydrogens is 282 g/mol. The summed E-state index contributed by atoms with van der Waals surface area (Å²) in [5.41, 5.74) is 4.35. The maximum Gasteiger partial charge on any atom is 0.223 e. The Morgan fingerprint density at radius 3 is 2.70 bits per heavy atom. The molecule has 23 heavy (non-hydrogen) atoms. The minimum absolute atomic E-state index is 0.189. The van der Waals surface area contributed by atoms with Gasteiger partial charge in [-0.1, -0.05) is 31.5 Å². The zero-order valence-corrected chi connectivity index (χ0v) is 14.3. The first-order chi connectivity index (χ1) is 11.2. The molecule has 3 aliphatic rings. The van der Waals surface area contributed by atoms with Gasteiger partial charge in [-0.2, -0.15) is 0 Å². The van der Waals surface area contributed by atoms with E-state index in [4.69, 9.17) is 0 Å². The normalized spacial score (nSPS) is 30.0. The van der Waals surface area contributed by atoms with Crippen LogP contribution >= 0.6 is 0 Å². The summed E-state index contributed by atoms with van der Waals surface area (Å²) in [5, 5.41) is 3.38. The van der Waals surface area contributed by atoms with Gasteiger partial charge in [-0.25, -0.2) is 0 Å². The van der Waals surface area contributed by atoms with Gasteiger partial charge in [0.25, 0.3) is 0 Å². The second kappa shape index (κ2) is 6.30. The quantitative estimate of drug-likeness (QED) is 0.867. The Kier molecular flexibility index (Phi) is 4.17. The van der Waals surface area contributed by atoms with Crippen LogP contribution < -0.4 is 5.32 Å². The van der Waals surface area contributed by atoms with Crippen molar-refractivity contribution in [2.45, 2.75) is 70.8 Å². The van der Waals surface area contributed by atoms with Crippen LogP contribution in [0.1, 0.15) is 74.6 Å². The van der Waals surface area contributed by atoms with Gasteiger partial charge in [0.15, 0.2) is 0 Å². The smallest absolute Gasteiger partial charge is 0.223 e. The van der Waals surface area contributed by atoms with Crippen molar-refractivity contribution in [2.75, 3.05) is 0 Å². The number of fused-ring (bicyclic) bond motifs is 3. The van der Waals surface area contributed by atoms with Crippen molar-refractivity contribution in [3.63, 3.8) is 0 Å². The fourth-order valence-electron chi connectivity index (χ4n) is 5.24. The number of carbonyl (C=O) groups is 1. The molecule has 2 saturated carbocycles. The fraction of sp³-hybridized carbons (Fsp3) is 0.667. The van der Waals surface area contributed by atoms with E-state index in [1.54, 1.807) is 0 Å². The fourth-order valence-corrected chi connectivity index (χ4v) is 5.24. The molecule has 0 saturated heterocycles. The van der Waals surface area contributed by atoms with Crippen molar-refractivity contribution in [1.29, 1.82) is 0 Å². The van der Waals surface area contributed by atoms with Gasteiger partial charge in [0.05, 0.1) is 6.04 Å². The van der Waals surface area contributed by atoms with Gasteiger partial charge >= 0.3 is 0 Å². The summed E-state index contributed by atoms with van der Waals surface area (Å²) in [6.07, 6.45) is 11.1. The van der Waals surface area contributed by atoms with Crippen molar-refractivity contribution in [1.82, 2.24) is 5.32 Å². The maximum atomic E-state index is 12.8. The van der Waals surface area contributed by atoms with Crippen LogP contribution in [0.25, 0.3) is 0 Å². The Morgan fingerprint density at radius 2 is 2.00 bits per heavy atom. The highest BCUT2D eigenvalue weighted by Crippen LogP contribution is 2.48. The van der Waals surface area contributed by atoms with E-state index in [1.807, 2.05) is 0 Å². The minimum atomic E-state index is 0.189. The summed E-state index contributed by atoms with van der Waals surface area (Å²) in [6.45, 7) is 2.19. The Morgan fingerprint density at radius 1 is 1.17 bits per heavy atom. The van der Waals surface area contributed by atoms with Crippen LogP contribution in [0.3, 0.4) is 0 Å². The zero-order valence-electron chi connectivity index (χ0n) is 14.3. The Labute approximate surface area is 140 Å². The van der Waals surface area contributed by atoms with E-state index in [1.165, 1.54) is 61.6 Å². The van der Waals surface area contributed by atoms with Crippen LogP contribution in [0.5, 0.6) is 0 Å². The summed E-state index contributed by atoms with van der Waals surface area (Å²) in [5.74, 6) is 2.11. The minimum Gasteiger partial charge on any atom is -0.349 e. The van der Waals surface area contributed by atoms with Crippen molar-refractivity contribution in [3.05, 3.63) is 34.9 Å². The maximum absolute atomic E-state index is 12.8. The third-order valence-corrected chi connectivity index (χ3v) is 6.57. The first-order valence-corrected chi connectivity index (χ1v) is 9.66. The molecule has 0 spiro atoms. The molecule has 4 atom stereocenters. The van der Waals surface area contributed by atoms with E-state index >= 15 is 0 Å². The van der Waals surface area contributed by atoms with Crippen molar-refractivity contribution in [2.24, 2.45) is 17.8 Å². The highest BCUT2D eigenvalue weighted by molar-refractivity contribution is 5.80. The second-order valence-electron chi connectivity index (χ2n) is 7.99. The summed E-state index contributed by atoms with van der Waals surface area (Å²) in [6, 6.07) is 7.10. The molecule has 1 amide bonds. The predicted molar refractivity (Wildman–Crippen MR) is 93.2 cm³/mol. The SMILES string of the molecule is CCC(NC(=O)C1CC2CCC1C2)c1ccc2c(c1)CCCC2. The van der Waals surface area contributed by atoms with Crippen LogP contribution in [-0.2, 0) is 17.6 Å². The van der Waals surface area contributed by atoms with E-state index in [2.05, 4.69) is 30.4 Å². The average Bonchev–Trinajstić information content (AvgIpc) is 3.22. The molecule has 4 rings (SSSR count). The van der Waals surface area contributed by atoms with Gasteiger partial charge in [-0.15, -0.1) is 0 Å². The lowest BCUT2D eigenvalue weighted by atomic mass is 9.87. The first kappa shape index (κ1) is 15.2. The van der Waals surface area contributed by atoms with Crippen LogP contribution in [0.2, 0.25) is 0 Å².